The van der Waals surface area contributed by atoms with Crippen molar-refractivity contribution in [2.45, 2.75) is 46.1 Å². The van der Waals surface area contributed by atoms with Crippen LogP contribution in [0, 0.1) is 11.8 Å². The standard InChI is InChI=1S/C12H26N2O2S/c1-4-13-5-6-17(15,16)14-12-8-10(2)7-11(3)9-12/h10-14H,4-9H2,1-3H3. The molecule has 0 saturated heterocycles. The maximum atomic E-state index is 11.8. The summed E-state index contributed by atoms with van der Waals surface area (Å²) in [5.41, 5.74) is 0. The first-order valence-electron chi connectivity index (χ1n) is 6.63. The molecule has 1 rings (SSSR count). The summed E-state index contributed by atoms with van der Waals surface area (Å²) in [5, 5.41) is 3.04. The van der Waals surface area contributed by atoms with Crippen molar-refractivity contribution in [1.82, 2.24) is 10.0 Å². The molecule has 0 aromatic rings. The lowest BCUT2D eigenvalue weighted by atomic mass is 9.81. The van der Waals surface area contributed by atoms with Crippen LogP contribution in [0.15, 0.2) is 0 Å². The zero-order valence-electron chi connectivity index (χ0n) is 11.2. The fraction of sp³-hybridized carbons (Fsp3) is 1.00. The maximum absolute atomic E-state index is 11.8. The molecule has 102 valence electrons. The van der Waals surface area contributed by atoms with Gasteiger partial charge in [-0.3, -0.25) is 0 Å². The van der Waals surface area contributed by atoms with Crippen molar-refractivity contribution in [3.63, 3.8) is 0 Å². The summed E-state index contributed by atoms with van der Waals surface area (Å²) in [6, 6.07) is 0.139. The van der Waals surface area contributed by atoms with Gasteiger partial charge in [-0.1, -0.05) is 20.8 Å². The van der Waals surface area contributed by atoms with Crippen LogP contribution in [0.2, 0.25) is 0 Å². The predicted octanol–water partition coefficient (Wildman–Crippen LogP) is 1.34. The third-order valence-electron chi connectivity index (χ3n) is 3.32. The van der Waals surface area contributed by atoms with Gasteiger partial charge in [-0.15, -0.1) is 0 Å². The molecule has 1 saturated carbocycles. The zero-order chi connectivity index (χ0) is 12.9. The Morgan fingerprint density at radius 1 is 1.12 bits per heavy atom. The molecule has 1 fully saturated rings. The lowest BCUT2D eigenvalue weighted by Gasteiger charge is -2.31. The van der Waals surface area contributed by atoms with E-state index >= 15 is 0 Å². The van der Waals surface area contributed by atoms with E-state index in [0.717, 1.165) is 19.4 Å². The second-order valence-corrected chi connectivity index (χ2v) is 7.28. The van der Waals surface area contributed by atoms with Gasteiger partial charge >= 0.3 is 0 Å². The van der Waals surface area contributed by atoms with E-state index in [4.69, 9.17) is 0 Å². The van der Waals surface area contributed by atoms with Gasteiger partial charge in [-0.05, 0) is 37.6 Å². The molecular weight excluding hydrogens is 236 g/mol. The molecule has 0 bridgehead atoms. The Balaban J connectivity index is 2.41. The van der Waals surface area contributed by atoms with Gasteiger partial charge in [0.05, 0.1) is 5.75 Å². The van der Waals surface area contributed by atoms with E-state index in [1.807, 2.05) is 6.92 Å². The topological polar surface area (TPSA) is 58.2 Å². The molecule has 1 aliphatic rings. The van der Waals surface area contributed by atoms with Gasteiger partial charge in [0.15, 0.2) is 0 Å². The number of hydrogen-bond donors (Lipinski definition) is 2. The minimum absolute atomic E-state index is 0.139. The highest BCUT2D eigenvalue weighted by molar-refractivity contribution is 7.89. The van der Waals surface area contributed by atoms with E-state index in [-0.39, 0.29) is 11.8 Å². The Kier molecular flexibility index (Phi) is 5.89. The molecule has 2 N–H and O–H groups in total. The Morgan fingerprint density at radius 3 is 2.24 bits per heavy atom. The molecule has 5 heteroatoms. The third kappa shape index (κ3) is 5.84. The van der Waals surface area contributed by atoms with Crippen LogP contribution in [0.25, 0.3) is 0 Å². The van der Waals surface area contributed by atoms with Crippen molar-refractivity contribution in [2.24, 2.45) is 11.8 Å². The SMILES string of the molecule is CCNCCS(=O)(=O)NC1CC(C)CC(C)C1. The highest BCUT2D eigenvalue weighted by atomic mass is 32.2. The van der Waals surface area contributed by atoms with Crippen LogP contribution >= 0.6 is 0 Å². The summed E-state index contributed by atoms with van der Waals surface area (Å²) >= 11 is 0. The molecule has 1 aliphatic carbocycles. The second kappa shape index (κ2) is 6.71. The minimum Gasteiger partial charge on any atom is -0.316 e. The lowest BCUT2D eigenvalue weighted by Crippen LogP contribution is -2.42. The summed E-state index contributed by atoms with van der Waals surface area (Å²) in [6.45, 7) is 7.73. The van der Waals surface area contributed by atoms with Crippen molar-refractivity contribution >= 4 is 10.0 Å². The summed E-state index contributed by atoms with van der Waals surface area (Å²) in [7, 11) is -3.11. The van der Waals surface area contributed by atoms with Crippen molar-refractivity contribution < 1.29 is 8.42 Å². The van der Waals surface area contributed by atoms with E-state index in [0.29, 0.717) is 18.4 Å². The normalized spacial score (nSPS) is 30.4. The molecular formula is C12H26N2O2S. The van der Waals surface area contributed by atoms with Gasteiger partial charge in [0, 0.05) is 12.6 Å². The summed E-state index contributed by atoms with van der Waals surface area (Å²) in [5.74, 6) is 1.43. The lowest BCUT2D eigenvalue weighted by molar-refractivity contribution is 0.257. The first-order chi connectivity index (χ1) is 7.93. The summed E-state index contributed by atoms with van der Waals surface area (Å²) in [4.78, 5) is 0. The van der Waals surface area contributed by atoms with Crippen LogP contribution in [-0.4, -0.2) is 33.3 Å². The molecule has 0 aliphatic heterocycles. The molecule has 0 radical (unpaired) electrons. The quantitative estimate of drug-likeness (QED) is 0.710. The number of hydrogen-bond acceptors (Lipinski definition) is 3. The molecule has 0 aromatic carbocycles. The summed E-state index contributed by atoms with van der Waals surface area (Å²) < 4.78 is 26.5. The Morgan fingerprint density at radius 2 is 1.71 bits per heavy atom. The molecule has 0 spiro atoms. The number of sulfonamides is 1. The van der Waals surface area contributed by atoms with Gasteiger partial charge in [0.2, 0.25) is 10.0 Å². The van der Waals surface area contributed by atoms with E-state index in [1.54, 1.807) is 0 Å². The smallest absolute Gasteiger partial charge is 0.213 e. The molecule has 0 aromatic heterocycles. The van der Waals surface area contributed by atoms with E-state index in [2.05, 4.69) is 23.9 Å². The van der Waals surface area contributed by atoms with Crippen LogP contribution in [0.1, 0.15) is 40.0 Å². The van der Waals surface area contributed by atoms with Crippen LogP contribution < -0.4 is 10.0 Å². The Hall–Kier alpha value is -0.130. The highest BCUT2D eigenvalue weighted by Crippen LogP contribution is 2.28. The van der Waals surface area contributed by atoms with Crippen LogP contribution in [-0.2, 0) is 10.0 Å². The average Bonchev–Trinajstić information content (AvgIpc) is 2.14. The van der Waals surface area contributed by atoms with Crippen molar-refractivity contribution in [2.75, 3.05) is 18.8 Å². The van der Waals surface area contributed by atoms with E-state index in [9.17, 15) is 8.42 Å². The first kappa shape index (κ1) is 14.9. The minimum atomic E-state index is -3.11. The van der Waals surface area contributed by atoms with E-state index < -0.39 is 10.0 Å². The molecule has 17 heavy (non-hydrogen) atoms. The van der Waals surface area contributed by atoms with Gasteiger partial charge < -0.3 is 5.32 Å². The van der Waals surface area contributed by atoms with Crippen LogP contribution in [0.3, 0.4) is 0 Å². The largest absolute Gasteiger partial charge is 0.316 e. The van der Waals surface area contributed by atoms with Gasteiger partial charge in [0.1, 0.15) is 0 Å². The molecule has 4 nitrogen and oxygen atoms in total. The summed E-state index contributed by atoms with van der Waals surface area (Å²) in [6.07, 6.45) is 3.17. The number of nitrogens with one attached hydrogen (secondary N) is 2. The van der Waals surface area contributed by atoms with Crippen molar-refractivity contribution in [1.29, 1.82) is 0 Å². The fourth-order valence-corrected chi connectivity index (χ4v) is 3.97. The molecule has 2 atom stereocenters. The Labute approximate surface area is 106 Å². The predicted molar refractivity (Wildman–Crippen MR) is 71.4 cm³/mol. The third-order valence-corrected chi connectivity index (χ3v) is 4.76. The second-order valence-electron chi connectivity index (χ2n) is 5.40. The maximum Gasteiger partial charge on any atom is 0.213 e. The first-order valence-corrected chi connectivity index (χ1v) is 8.29. The van der Waals surface area contributed by atoms with E-state index in [1.165, 1.54) is 6.42 Å². The molecule has 0 amide bonds. The van der Waals surface area contributed by atoms with Gasteiger partial charge in [0.25, 0.3) is 0 Å². The average molecular weight is 262 g/mol. The number of rotatable bonds is 6. The monoisotopic (exact) mass is 262 g/mol. The van der Waals surface area contributed by atoms with Crippen molar-refractivity contribution in [3.05, 3.63) is 0 Å². The van der Waals surface area contributed by atoms with Crippen LogP contribution in [0.4, 0.5) is 0 Å². The van der Waals surface area contributed by atoms with Crippen molar-refractivity contribution in [3.8, 4) is 0 Å². The van der Waals surface area contributed by atoms with Crippen LogP contribution in [0.5, 0.6) is 0 Å². The Bertz CT molecular complexity index is 306. The molecule has 0 heterocycles. The molecule has 2 unspecified atom stereocenters. The van der Waals surface area contributed by atoms with Gasteiger partial charge in [-0.25, -0.2) is 13.1 Å². The highest BCUT2D eigenvalue weighted by Gasteiger charge is 2.26. The zero-order valence-corrected chi connectivity index (χ0v) is 12.0. The fourth-order valence-electron chi connectivity index (χ4n) is 2.74. The van der Waals surface area contributed by atoms with Gasteiger partial charge in [-0.2, -0.15) is 0 Å².